The van der Waals surface area contributed by atoms with Crippen molar-refractivity contribution in [3.63, 3.8) is 0 Å². The van der Waals surface area contributed by atoms with Gasteiger partial charge in [0.05, 0.1) is 12.4 Å². The van der Waals surface area contributed by atoms with Gasteiger partial charge in [0.15, 0.2) is 0 Å². The maximum atomic E-state index is 10.1. The molecule has 0 aliphatic carbocycles. The summed E-state index contributed by atoms with van der Waals surface area (Å²) in [5.74, 6) is -0.833. The Morgan fingerprint density at radius 3 is 2.33 bits per heavy atom. The maximum Gasteiger partial charge on any atom is 0.302 e. The summed E-state index contributed by atoms with van der Waals surface area (Å²) < 4.78 is 32.8. The average molecular weight is 221 g/mol. The normalized spacial score (nSPS) is 10.2. The van der Waals surface area contributed by atoms with Crippen LogP contribution in [0.1, 0.15) is 13.3 Å². The quantitative estimate of drug-likeness (QED) is 0.298. The van der Waals surface area contributed by atoms with Crippen LogP contribution in [0.15, 0.2) is 0 Å². The Bertz CT molecular complexity index is 222. The van der Waals surface area contributed by atoms with Gasteiger partial charge in [0.1, 0.15) is 0 Å². The van der Waals surface area contributed by atoms with Crippen LogP contribution in [0.2, 0.25) is 0 Å². The van der Waals surface area contributed by atoms with Crippen LogP contribution in [-0.2, 0) is 19.6 Å². The Balaban J connectivity index is 0. The molecule has 5 nitrogen and oxygen atoms in total. The third kappa shape index (κ3) is 13.6. The molecule has 0 aromatic rings. The first-order valence-corrected chi connectivity index (χ1v) is 4.61. The van der Waals surface area contributed by atoms with Crippen LogP contribution in [-0.4, -0.2) is 82.7 Å². The van der Waals surface area contributed by atoms with E-state index in [4.69, 9.17) is 4.55 Å². The molecule has 0 fully saturated rings. The van der Waals surface area contributed by atoms with Gasteiger partial charge in [-0.3, -0.25) is 9.35 Å². The second-order valence-corrected chi connectivity index (χ2v) is 3.55. The molecule has 0 amide bonds. The number of hydrogen-bond donors (Lipinski definition) is 1. The summed E-state index contributed by atoms with van der Waals surface area (Å²) in [6.45, 7) is 1.25. The molecule has 0 heterocycles. The van der Waals surface area contributed by atoms with Crippen molar-refractivity contribution >= 4 is 67.5 Å². The fourth-order valence-electron chi connectivity index (χ4n) is 0.457. The van der Waals surface area contributed by atoms with Crippen molar-refractivity contribution in [1.82, 2.24) is 0 Å². The molecule has 0 spiro atoms. The van der Waals surface area contributed by atoms with E-state index in [-0.39, 0.29) is 70.2 Å². The van der Waals surface area contributed by atoms with E-state index in [1.165, 1.54) is 6.92 Å². The fourth-order valence-corrected chi connectivity index (χ4v) is 0.940. The summed E-state index contributed by atoms with van der Waals surface area (Å²) in [6.07, 6.45) is 0.123. The first-order chi connectivity index (χ1) is 4.92. The van der Waals surface area contributed by atoms with Gasteiger partial charge in [0, 0.05) is 58.3 Å². The average Bonchev–Trinajstić information content (AvgIpc) is 1.78. The van der Waals surface area contributed by atoms with Crippen LogP contribution < -0.4 is 0 Å². The molecule has 0 atom stereocenters. The predicted molar refractivity (Wildman–Crippen MR) is 43.4 cm³/mol. The largest absolute Gasteiger partial charge is 0.466 e. The summed E-state index contributed by atoms with van der Waals surface area (Å²) in [5, 5.41) is 0. The minimum Gasteiger partial charge on any atom is -0.466 e. The second kappa shape index (κ2) is 7.42. The molecule has 0 saturated heterocycles. The van der Waals surface area contributed by atoms with E-state index in [0.29, 0.717) is 0 Å². The van der Waals surface area contributed by atoms with Gasteiger partial charge in [0.25, 0.3) is 10.1 Å². The standard InChI is InChI=1S/C5H10O5S.K/c1-5(6)10-3-2-4-11(7,8)9;/h2-4H2,1H3,(H,7,8,9);. The van der Waals surface area contributed by atoms with E-state index < -0.39 is 16.1 Å². The van der Waals surface area contributed by atoms with E-state index in [1.807, 2.05) is 0 Å². The molecule has 0 saturated carbocycles. The van der Waals surface area contributed by atoms with Crippen LogP contribution in [0.5, 0.6) is 0 Å². The van der Waals surface area contributed by atoms with E-state index in [2.05, 4.69) is 4.74 Å². The zero-order chi connectivity index (χ0) is 8.91. The third-order valence-electron chi connectivity index (χ3n) is 0.852. The van der Waals surface area contributed by atoms with Gasteiger partial charge in [0.2, 0.25) is 0 Å². The molecule has 0 aromatic heterocycles. The van der Waals surface area contributed by atoms with Gasteiger partial charge in [-0.05, 0) is 6.42 Å². The van der Waals surface area contributed by atoms with Crippen molar-refractivity contribution in [3.05, 3.63) is 0 Å². The molecule has 1 radical (unpaired) electrons. The monoisotopic (exact) mass is 221 g/mol. The maximum absolute atomic E-state index is 10.1. The van der Waals surface area contributed by atoms with Crippen LogP contribution in [0.4, 0.5) is 0 Å². The molecule has 7 heteroatoms. The summed E-state index contributed by atoms with van der Waals surface area (Å²) >= 11 is 0. The van der Waals surface area contributed by atoms with Gasteiger partial charge >= 0.3 is 5.97 Å². The van der Waals surface area contributed by atoms with Crippen molar-refractivity contribution in [2.24, 2.45) is 0 Å². The molecule has 1 N–H and O–H groups in total. The zero-order valence-electron chi connectivity index (χ0n) is 7.11. The minimum absolute atomic E-state index is 0. The van der Waals surface area contributed by atoms with Crippen molar-refractivity contribution in [2.45, 2.75) is 13.3 Å². The first-order valence-electron chi connectivity index (χ1n) is 3.00. The van der Waals surface area contributed by atoms with Crippen molar-refractivity contribution in [1.29, 1.82) is 0 Å². The summed E-state index contributed by atoms with van der Waals surface area (Å²) in [7, 11) is -3.91. The number of hydrogen-bond acceptors (Lipinski definition) is 4. The molecular weight excluding hydrogens is 211 g/mol. The van der Waals surface area contributed by atoms with Crippen LogP contribution in [0.25, 0.3) is 0 Å². The number of carbonyl (C=O) groups excluding carboxylic acids is 1. The zero-order valence-corrected chi connectivity index (χ0v) is 11.0. The molecule has 0 aromatic carbocycles. The topological polar surface area (TPSA) is 80.7 Å². The van der Waals surface area contributed by atoms with E-state index >= 15 is 0 Å². The smallest absolute Gasteiger partial charge is 0.302 e. The van der Waals surface area contributed by atoms with Gasteiger partial charge in [-0.15, -0.1) is 0 Å². The van der Waals surface area contributed by atoms with Crippen LogP contribution in [0, 0.1) is 0 Å². The Morgan fingerprint density at radius 2 is 2.00 bits per heavy atom. The summed E-state index contributed by atoms with van der Waals surface area (Å²) in [5.41, 5.74) is 0. The molecule has 0 unspecified atom stereocenters. The predicted octanol–water partition coefficient (Wildman–Crippen LogP) is -0.553. The third-order valence-corrected chi connectivity index (χ3v) is 1.66. The summed E-state index contributed by atoms with van der Waals surface area (Å²) in [6, 6.07) is 0. The molecule has 12 heavy (non-hydrogen) atoms. The Morgan fingerprint density at radius 1 is 1.50 bits per heavy atom. The summed E-state index contributed by atoms with van der Waals surface area (Å²) in [4.78, 5) is 10.1. The van der Waals surface area contributed by atoms with Crippen molar-refractivity contribution < 1.29 is 22.5 Å². The van der Waals surface area contributed by atoms with Crippen LogP contribution >= 0.6 is 0 Å². The van der Waals surface area contributed by atoms with Gasteiger partial charge in [-0.25, -0.2) is 0 Å². The van der Waals surface area contributed by atoms with Crippen molar-refractivity contribution in [2.75, 3.05) is 12.4 Å². The SMILES string of the molecule is CC(=O)OCCCS(=O)(=O)O.[K]. The molecule has 0 aliphatic rings. The Labute approximate surface area is 114 Å². The molecule has 67 valence electrons. The minimum atomic E-state index is -3.91. The number of esters is 1. The number of carbonyl (C=O) groups is 1. The van der Waals surface area contributed by atoms with Crippen molar-refractivity contribution in [3.8, 4) is 0 Å². The molecule has 0 bridgehead atoms. The Kier molecular flexibility index (Phi) is 9.58. The fraction of sp³-hybridized carbons (Fsp3) is 0.800. The van der Waals surface area contributed by atoms with Crippen LogP contribution in [0.3, 0.4) is 0 Å². The molecular formula is C5H10KO5S. The second-order valence-electron chi connectivity index (χ2n) is 1.98. The van der Waals surface area contributed by atoms with E-state index in [9.17, 15) is 13.2 Å². The number of ether oxygens (including phenoxy) is 1. The first kappa shape index (κ1) is 15.5. The van der Waals surface area contributed by atoms with E-state index in [0.717, 1.165) is 0 Å². The van der Waals surface area contributed by atoms with Gasteiger partial charge in [-0.1, -0.05) is 0 Å². The molecule has 0 rings (SSSR count). The van der Waals surface area contributed by atoms with E-state index in [1.54, 1.807) is 0 Å². The molecule has 0 aliphatic heterocycles. The van der Waals surface area contributed by atoms with Gasteiger partial charge in [-0.2, -0.15) is 8.42 Å². The Hall–Kier alpha value is 1.02. The number of rotatable bonds is 4. The van der Waals surface area contributed by atoms with Gasteiger partial charge < -0.3 is 4.74 Å².